The summed E-state index contributed by atoms with van der Waals surface area (Å²) in [6.45, 7) is 8.77. The highest BCUT2D eigenvalue weighted by atomic mass is 32.1. The van der Waals surface area contributed by atoms with Gasteiger partial charge in [-0.2, -0.15) is 8.73 Å². The second-order valence-corrected chi connectivity index (χ2v) is 5.95. The second-order valence-electron chi connectivity index (χ2n) is 4.20. The number of thiophene rings is 1. The number of aryl methyl sites for hydroxylation is 1. The summed E-state index contributed by atoms with van der Waals surface area (Å²) < 4.78 is 8.64. The van der Waals surface area contributed by atoms with Crippen molar-refractivity contribution < 1.29 is 0 Å². The van der Waals surface area contributed by atoms with E-state index in [4.69, 9.17) is 0 Å². The molecule has 0 saturated carbocycles. The molecule has 2 rings (SSSR count). The minimum atomic E-state index is 0.187. The van der Waals surface area contributed by atoms with Crippen molar-refractivity contribution >= 4 is 34.1 Å². The molecule has 70 valence electrons. The molecule has 2 nitrogen and oxygen atoms in total. The average Bonchev–Trinajstić information content (AvgIpc) is 2.51. The molecular weight excluding hydrogens is 200 g/mol. The molecule has 0 bridgehead atoms. The fourth-order valence-electron chi connectivity index (χ4n) is 1.33. The Labute approximate surface area is 85.9 Å². The van der Waals surface area contributed by atoms with E-state index < -0.39 is 0 Å². The summed E-state index contributed by atoms with van der Waals surface area (Å²) >= 11 is 3.13. The zero-order chi connectivity index (χ0) is 9.64. The third kappa shape index (κ3) is 1.38. The van der Waals surface area contributed by atoms with Crippen LogP contribution in [-0.2, 0) is 16.8 Å². The largest absolute Gasteiger partial charge is 0.172 e. The van der Waals surface area contributed by atoms with E-state index in [1.165, 1.54) is 21.1 Å². The van der Waals surface area contributed by atoms with E-state index in [-0.39, 0.29) is 5.41 Å². The molecule has 4 heteroatoms. The van der Waals surface area contributed by atoms with Crippen LogP contribution in [0.4, 0.5) is 11.4 Å². The minimum Gasteiger partial charge on any atom is -0.172 e. The molecule has 0 aliphatic carbocycles. The first-order chi connectivity index (χ1) is 6.00. The van der Waals surface area contributed by atoms with Gasteiger partial charge in [0, 0.05) is 9.75 Å². The smallest absolute Gasteiger partial charge is 0.119 e. The molecule has 0 atom stereocenters. The van der Waals surface area contributed by atoms with E-state index in [9.17, 15) is 0 Å². The lowest BCUT2D eigenvalue weighted by molar-refractivity contribution is 0.605. The van der Waals surface area contributed by atoms with Crippen LogP contribution in [0.25, 0.3) is 0 Å². The number of hydrogen-bond donors (Lipinski definition) is 0. The second kappa shape index (κ2) is 2.75. The molecule has 0 N–H and O–H groups in total. The van der Waals surface area contributed by atoms with E-state index in [0.29, 0.717) is 0 Å². The van der Waals surface area contributed by atoms with Crippen molar-refractivity contribution in [2.24, 2.45) is 8.73 Å². The third-order valence-corrected chi connectivity index (χ3v) is 4.01. The lowest BCUT2D eigenvalue weighted by Crippen LogP contribution is -2.08. The van der Waals surface area contributed by atoms with Crippen LogP contribution in [0.5, 0.6) is 0 Å². The van der Waals surface area contributed by atoms with Crippen molar-refractivity contribution in [2.45, 2.75) is 33.1 Å². The molecule has 0 fully saturated rings. The van der Waals surface area contributed by atoms with Gasteiger partial charge in [-0.25, -0.2) is 0 Å². The van der Waals surface area contributed by atoms with E-state index in [2.05, 4.69) is 36.4 Å². The van der Waals surface area contributed by atoms with Gasteiger partial charge in [0.1, 0.15) is 11.4 Å². The van der Waals surface area contributed by atoms with Crippen molar-refractivity contribution in [3.8, 4) is 0 Å². The normalized spacial score (nSPS) is 14.5. The molecule has 0 aromatic carbocycles. The Morgan fingerprint density at radius 1 is 1.08 bits per heavy atom. The van der Waals surface area contributed by atoms with E-state index in [1.807, 2.05) is 11.3 Å². The van der Waals surface area contributed by atoms with Gasteiger partial charge in [0.05, 0.1) is 11.4 Å². The van der Waals surface area contributed by atoms with Crippen LogP contribution in [0, 0.1) is 6.92 Å². The number of rotatable bonds is 0. The maximum Gasteiger partial charge on any atom is 0.119 e. The van der Waals surface area contributed by atoms with Gasteiger partial charge in [0.2, 0.25) is 0 Å². The maximum atomic E-state index is 4.35. The monoisotopic (exact) mass is 212 g/mol. The Balaban J connectivity index is 2.64. The Morgan fingerprint density at radius 3 is 2.31 bits per heavy atom. The topological polar surface area (TPSA) is 24.7 Å². The van der Waals surface area contributed by atoms with E-state index in [0.717, 1.165) is 11.4 Å². The Kier molecular flexibility index (Phi) is 1.92. The highest BCUT2D eigenvalue weighted by Gasteiger charge is 2.26. The van der Waals surface area contributed by atoms with E-state index in [1.54, 1.807) is 0 Å². The third-order valence-electron chi connectivity index (χ3n) is 1.97. The summed E-state index contributed by atoms with van der Waals surface area (Å²) in [6, 6.07) is 0. The summed E-state index contributed by atoms with van der Waals surface area (Å²) in [5.74, 6) is 0. The Bertz CT molecular complexity index is 418. The lowest BCUT2D eigenvalue weighted by Gasteiger charge is -2.16. The molecule has 2 heterocycles. The van der Waals surface area contributed by atoms with Crippen LogP contribution >= 0.6 is 11.3 Å². The molecule has 1 aromatic rings. The number of nitrogens with zero attached hydrogens (tertiary/aromatic N) is 2. The maximum absolute atomic E-state index is 4.35. The minimum absolute atomic E-state index is 0.187. The lowest BCUT2D eigenvalue weighted by atomic mass is 9.93. The zero-order valence-electron chi connectivity index (χ0n) is 8.21. The molecular formula is C9H12N2S2. The summed E-state index contributed by atoms with van der Waals surface area (Å²) in [5.41, 5.74) is 2.40. The standard InChI is InChI=1S/C9H12N2S2/c1-5-6-7(11-13-10-6)8(12-5)9(2,3)4/h1-4H3. The van der Waals surface area contributed by atoms with Gasteiger partial charge in [0.15, 0.2) is 0 Å². The molecule has 0 unspecified atom stereocenters. The first-order valence-electron chi connectivity index (χ1n) is 4.22. The average molecular weight is 212 g/mol. The summed E-state index contributed by atoms with van der Waals surface area (Å²) in [6.07, 6.45) is 0. The predicted octanol–water partition coefficient (Wildman–Crippen LogP) is 4.08. The van der Waals surface area contributed by atoms with Crippen LogP contribution in [0.15, 0.2) is 8.73 Å². The number of fused-ring (bicyclic) bond motifs is 1. The van der Waals surface area contributed by atoms with Crippen LogP contribution < -0.4 is 0 Å². The molecule has 13 heavy (non-hydrogen) atoms. The molecule has 1 aromatic heterocycles. The summed E-state index contributed by atoms with van der Waals surface area (Å²) in [5, 5.41) is 0. The molecule has 0 radical (unpaired) electrons. The van der Waals surface area contributed by atoms with Crippen LogP contribution in [0.3, 0.4) is 0 Å². The van der Waals surface area contributed by atoms with Crippen molar-refractivity contribution in [2.75, 3.05) is 0 Å². The van der Waals surface area contributed by atoms with Gasteiger partial charge in [-0.1, -0.05) is 20.8 Å². The summed E-state index contributed by atoms with van der Waals surface area (Å²) in [4.78, 5) is 2.64. The highest BCUT2D eigenvalue weighted by molar-refractivity contribution is 7.58. The fourth-order valence-corrected chi connectivity index (χ4v) is 3.14. The Hall–Kier alpha value is -0.480. The van der Waals surface area contributed by atoms with Gasteiger partial charge in [-0.15, -0.1) is 11.3 Å². The highest BCUT2D eigenvalue weighted by Crippen LogP contribution is 2.48. The van der Waals surface area contributed by atoms with Crippen LogP contribution in [0.2, 0.25) is 0 Å². The van der Waals surface area contributed by atoms with Crippen molar-refractivity contribution in [1.29, 1.82) is 0 Å². The van der Waals surface area contributed by atoms with Gasteiger partial charge in [0.25, 0.3) is 0 Å². The molecule has 1 aliphatic heterocycles. The first-order valence-corrected chi connectivity index (χ1v) is 5.77. The zero-order valence-corrected chi connectivity index (χ0v) is 9.84. The number of hydrogen-bond acceptors (Lipinski definition) is 3. The molecule has 0 amide bonds. The predicted molar refractivity (Wildman–Crippen MR) is 59.3 cm³/mol. The van der Waals surface area contributed by atoms with Crippen molar-refractivity contribution in [3.63, 3.8) is 0 Å². The van der Waals surface area contributed by atoms with Crippen LogP contribution in [0.1, 0.15) is 30.5 Å². The Morgan fingerprint density at radius 2 is 1.69 bits per heavy atom. The van der Waals surface area contributed by atoms with Gasteiger partial charge in [-0.05, 0) is 12.3 Å². The molecule has 1 aliphatic rings. The summed E-state index contributed by atoms with van der Waals surface area (Å²) in [7, 11) is 0. The molecule has 0 saturated heterocycles. The van der Waals surface area contributed by atoms with Crippen LogP contribution in [-0.4, -0.2) is 0 Å². The van der Waals surface area contributed by atoms with Gasteiger partial charge < -0.3 is 0 Å². The quantitative estimate of drug-likeness (QED) is 0.628. The first kappa shape index (κ1) is 9.09. The van der Waals surface area contributed by atoms with E-state index >= 15 is 0 Å². The SMILES string of the molecule is Cc1sc(C(C)(C)C)c2c1N=S=N2. The van der Waals surface area contributed by atoms with Crippen molar-refractivity contribution in [3.05, 3.63) is 9.75 Å². The van der Waals surface area contributed by atoms with Gasteiger partial charge in [-0.3, -0.25) is 0 Å². The van der Waals surface area contributed by atoms with Gasteiger partial charge >= 0.3 is 0 Å². The molecule has 0 spiro atoms. The fraction of sp³-hybridized carbons (Fsp3) is 0.556. The van der Waals surface area contributed by atoms with Crippen molar-refractivity contribution in [1.82, 2.24) is 0 Å².